The maximum absolute atomic E-state index is 6.19. The van der Waals surface area contributed by atoms with Crippen molar-refractivity contribution in [3.8, 4) is 0 Å². The van der Waals surface area contributed by atoms with Crippen LogP contribution in [0.25, 0.3) is 0 Å². The maximum Gasteiger partial charge on any atom is 0.0521 e. The molecule has 0 amide bonds. The third-order valence-corrected chi connectivity index (χ3v) is 4.60. The average Bonchev–Trinajstić information content (AvgIpc) is 2.82. The number of ether oxygens (including phenoxy) is 1. The van der Waals surface area contributed by atoms with E-state index in [9.17, 15) is 0 Å². The fourth-order valence-electron chi connectivity index (χ4n) is 3.35. The van der Waals surface area contributed by atoms with Crippen LogP contribution in [0.4, 0.5) is 0 Å². The van der Waals surface area contributed by atoms with Crippen LogP contribution in [0.1, 0.15) is 26.7 Å². The number of likely N-dealkylation sites (N-methyl/N-ethyl adjacent to an activating group) is 1. The molecule has 3 unspecified atom stereocenters. The maximum atomic E-state index is 6.19. The van der Waals surface area contributed by atoms with Gasteiger partial charge in [0.25, 0.3) is 0 Å². The summed E-state index contributed by atoms with van der Waals surface area (Å²) in [5.41, 5.74) is 6.19. The molecule has 2 rings (SSSR count). The zero-order chi connectivity index (χ0) is 13.0. The Morgan fingerprint density at radius 1 is 1.28 bits per heavy atom. The monoisotopic (exact) mass is 255 g/mol. The molecule has 4 heteroatoms. The fourth-order valence-corrected chi connectivity index (χ4v) is 3.35. The van der Waals surface area contributed by atoms with E-state index in [1.807, 2.05) is 0 Å². The Kier molecular flexibility index (Phi) is 5.42. The molecule has 0 bridgehead atoms. The van der Waals surface area contributed by atoms with Crippen molar-refractivity contribution in [2.45, 2.75) is 38.8 Å². The van der Waals surface area contributed by atoms with Crippen molar-refractivity contribution in [3.63, 3.8) is 0 Å². The smallest absolute Gasteiger partial charge is 0.0521 e. The summed E-state index contributed by atoms with van der Waals surface area (Å²) in [6.07, 6.45) is 2.34. The summed E-state index contributed by atoms with van der Waals surface area (Å²) < 4.78 is 5.56. The number of hydrogen-bond acceptors (Lipinski definition) is 4. The van der Waals surface area contributed by atoms with Gasteiger partial charge in [-0.2, -0.15) is 0 Å². The highest BCUT2D eigenvalue weighted by molar-refractivity contribution is 4.86. The van der Waals surface area contributed by atoms with E-state index in [0.29, 0.717) is 12.0 Å². The lowest BCUT2D eigenvalue weighted by molar-refractivity contribution is 0.0282. The van der Waals surface area contributed by atoms with Gasteiger partial charge in [-0.25, -0.2) is 0 Å². The van der Waals surface area contributed by atoms with Gasteiger partial charge in [0, 0.05) is 37.7 Å². The number of rotatable bonds is 5. The summed E-state index contributed by atoms with van der Waals surface area (Å²) in [4.78, 5) is 5.17. The predicted octanol–water partition coefficient (Wildman–Crippen LogP) is 0.766. The average molecular weight is 255 g/mol. The van der Waals surface area contributed by atoms with Gasteiger partial charge in [0.15, 0.2) is 0 Å². The van der Waals surface area contributed by atoms with E-state index < -0.39 is 0 Å². The van der Waals surface area contributed by atoms with Crippen LogP contribution in [-0.4, -0.2) is 67.8 Å². The van der Waals surface area contributed by atoms with Crippen molar-refractivity contribution in [1.29, 1.82) is 0 Å². The molecule has 2 aliphatic heterocycles. The van der Waals surface area contributed by atoms with Crippen molar-refractivity contribution < 1.29 is 4.74 Å². The van der Waals surface area contributed by atoms with Gasteiger partial charge in [-0.3, -0.25) is 4.90 Å². The molecule has 0 aromatic carbocycles. The largest absolute Gasteiger partial charge is 0.381 e. The Labute approximate surface area is 111 Å². The molecule has 0 saturated carbocycles. The molecule has 2 N–H and O–H groups in total. The van der Waals surface area contributed by atoms with Crippen molar-refractivity contribution >= 4 is 0 Å². The highest BCUT2D eigenvalue weighted by Gasteiger charge is 2.30. The first-order valence-corrected chi connectivity index (χ1v) is 7.54. The first kappa shape index (κ1) is 14.3. The van der Waals surface area contributed by atoms with Crippen LogP contribution in [0.5, 0.6) is 0 Å². The Morgan fingerprint density at radius 3 is 2.72 bits per heavy atom. The Hall–Kier alpha value is -0.160. The van der Waals surface area contributed by atoms with E-state index in [2.05, 4.69) is 23.6 Å². The molecule has 2 heterocycles. The van der Waals surface area contributed by atoms with E-state index in [-0.39, 0.29) is 0 Å². The lowest BCUT2D eigenvalue weighted by atomic mass is 9.96. The summed E-state index contributed by atoms with van der Waals surface area (Å²) in [7, 11) is 0. The minimum absolute atomic E-state index is 0.339. The normalized spacial score (nSPS) is 34.3. The minimum Gasteiger partial charge on any atom is -0.381 e. The molecule has 2 fully saturated rings. The van der Waals surface area contributed by atoms with Gasteiger partial charge in [-0.15, -0.1) is 0 Å². The summed E-state index contributed by atoms with van der Waals surface area (Å²) >= 11 is 0. The fraction of sp³-hybridized carbons (Fsp3) is 1.00. The molecule has 0 spiro atoms. The van der Waals surface area contributed by atoms with Crippen LogP contribution in [-0.2, 0) is 4.74 Å². The molecule has 4 nitrogen and oxygen atoms in total. The molecule has 0 radical (unpaired) electrons. The molecule has 0 aliphatic carbocycles. The van der Waals surface area contributed by atoms with Crippen molar-refractivity contribution in [1.82, 2.24) is 9.80 Å². The summed E-state index contributed by atoms with van der Waals surface area (Å²) in [6.45, 7) is 12.1. The van der Waals surface area contributed by atoms with E-state index in [1.54, 1.807) is 0 Å². The Bertz CT molecular complexity index is 245. The molecule has 2 saturated heterocycles. The second kappa shape index (κ2) is 6.85. The zero-order valence-electron chi connectivity index (χ0n) is 12.0. The third-order valence-electron chi connectivity index (χ3n) is 4.60. The SMILES string of the molecule is CCN(CC)C1CCN(CC2COCCC2N)C1. The number of nitrogens with zero attached hydrogens (tertiary/aromatic N) is 2. The Balaban J connectivity index is 1.78. The van der Waals surface area contributed by atoms with E-state index >= 15 is 0 Å². The first-order chi connectivity index (χ1) is 8.74. The molecule has 106 valence electrons. The molecular formula is C14H29N3O. The second-order valence-electron chi connectivity index (χ2n) is 5.71. The lowest BCUT2D eigenvalue weighted by Crippen LogP contribution is -2.45. The van der Waals surface area contributed by atoms with Crippen molar-refractivity contribution in [2.75, 3.05) is 45.9 Å². The highest BCUT2D eigenvalue weighted by Crippen LogP contribution is 2.20. The predicted molar refractivity (Wildman–Crippen MR) is 74.7 cm³/mol. The third kappa shape index (κ3) is 3.44. The topological polar surface area (TPSA) is 41.7 Å². The van der Waals surface area contributed by atoms with Crippen molar-refractivity contribution in [2.24, 2.45) is 11.7 Å². The van der Waals surface area contributed by atoms with Gasteiger partial charge in [-0.1, -0.05) is 13.8 Å². The molecule has 3 atom stereocenters. The van der Waals surface area contributed by atoms with E-state index in [1.165, 1.54) is 32.6 Å². The quantitative estimate of drug-likeness (QED) is 0.788. The van der Waals surface area contributed by atoms with Gasteiger partial charge in [0.2, 0.25) is 0 Å². The molecule has 2 aliphatic rings. The number of hydrogen-bond donors (Lipinski definition) is 1. The lowest BCUT2D eigenvalue weighted by Gasteiger charge is -2.32. The van der Waals surface area contributed by atoms with Crippen LogP contribution in [0.2, 0.25) is 0 Å². The summed E-state index contributed by atoms with van der Waals surface area (Å²) in [5, 5.41) is 0. The van der Waals surface area contributed by atoms with Crippen LogP contribution >= 0.6 is 0 Å². The van der Waals surface area contributed by atoms with Gasteiger partial charge in [0.05, 0.1) is 6.61 Å². The standard InChI is InChI=1S/C14H29N3O/c1-3-17(4-2)13-5-7-16(10-13)9-12-11-18-8-6-14(12)15/h12-14H,3-11,15H2,1-2H3. The van der Waals surface area contributed by atoms with E-state index in [0.717, 1.165) is 32.2 Å². The van der Waals surface area contributed by atoms with Gasteiger partial charge in [-0.05, 0) is 32.5 Å². The number of likely N-dealkylation sites (tertiary alicyclic amines) is 1. The van der Waals surface area contributed by atoms with Crippen LogP contribution in [0.15, 0.2) is 0 Å². The zero-order valence-corrected chi connectivity index (χ0v) is 12.0. The minimum atomic E-state index is 0.339. The summed E-state index contributed by atoms with van der Waals surface area (Å²) in [6, 6.07) is 1.09. The first-order valence-electron chi connectivity index (χ1n) is 7.54. The van der Waals surface area contributed by atoms with Gasteiger partial charge < -0.3 is 15.4 Å². The van der Waals surface area contributed by atoms with E-state index in [4.69, 9.17) is 10.5 Å². The molecule has 0 aromatic heterocycles. The second-order valence-corrected chi connectivity index (χ2v) is 5.71. The van der Waals surface area contributed by atoms with Gasteiger partial charge >= 0.3 is 0 Å². The van der Waals surface area contributed by atoms with Gasteiger partial charge in [0.1, 0.15) is 0 Å². The summed E-state index contributed by atoms with van der Waals surface area (Å²) in [5.74, 6) is 0.536. The highest BCUT2D eigenvalue weighted by atomic mass is 16.5. The van der Waals surface area contributed by atoms with Crippen LogP contribution in [0, 0.1) is 5.92 Å². The van der Waals surface area contributed by atoms with Crippen molar-refractivity contribution in [3.05, 3.63) is 0 Å². The molecule has 18 heavy (non-hydrogen) atoms. The number of nitrogens with two attached hydrogens (primary N) is 1. The van der Waals surface area contributed by atoms with Crippen LogP contribution in [0.3, 0.4) is 0 Å². The molecule has 0 aromatic rings. The van der Waals surface area contributed by atoms with Crippen LogP contribution < -0.4 is 5.73 Å². The Morgan fingerprint density at radius 2 is 2.06 bits per heavy atom. The molecular weight excluding hydrogens is 226 g/mol.